The molecule has 178 valence electrons. The summed E-state index contributed by atoms with van der Waals surface area (Å²) in [4.78, 5) is 26.7. The van der Waals surface area contributed by atoms with Gasteiger partial charge in [-0.05, 0) is 49.6 Å². The average molecular weight is 469 g/mol. The van der Waals surface area contributed by atoms with Gasteiger partial charge in [0.2, 0.25) is 0 Å². The number of carbonyl (C=O) groups excluding carboxylic acids is 1. The van der Waals surface area contributed by atoms with Gasteiger partial charge in [0.05, 0.1) is 6.10 Å². The Hall–Kier alpha value is -3.46. The summed E-state index contributed by atoms with van der Waals surface area (Å²) >= 11 is 0. The maximum atomic E-state index is 15.0. The van der Waals surface area contributed by atoms with Gasteiger partial charge in [-0.3, -0.25) is 9.88 Å². The molecular formula is C25H26F2N4O3. The van der Waals surface area contributed by atoms with E-state index in [9.17, 15) is 13.6 Å². The number of amides is 1. The predicted octanol–water partition coefficient (Wildman–Crippen LogP) is 4.83. The largest absolute Gasteiger partial charge is 0.447 e. The lowest BCUT2D eigenvalue weighted by atomic mass is 9.94. The van der Waals surface area contributed by atoms with Crippen molar-refractivity contribution in [1.29, 1.82) is 0 Å². The minimum Gasteiger partial charge on any atom is -0.447 e. The van der Waals surface area contributed by atoms with E-state index < -0.39 is 23.6 Å². The SMILES string of the molecule is CO[C@H](C)[C@H]1COC(=O)N1c1ccnc(C[C@@H](C)c2cc(F)c(-c3ccc(C)nc3)cc2F)n1. The van der Waals surface area contributed by atoms with Crippen molar-refractivity contribution in [2.75, 3.05) is 18.6 Å². The van der Waals surface area contributed by atoms with Gasteiger partial charge in [-0.15, -0.1) is 0 Å². The maximum Gasteiger partial charge on any atom is 0.416 e. The van der Waals surface area contributed by atoms with Crippen LogP contribution in [0.4, 0.5) is 19.4 Å². The highest BCUT2D eigenvalue weighted by atomic mass is 19.1. The molecule has 4 rings (SSSR count). The fourth-order valence-corrected chi connectivity index (χ4v) is 3.99. The van der Waals surface area contributed by atoms with E-state index in [-0.39, 0.29) is 36.3 Å². The highest BCUT2D eigenvalue weighted by molar-refractivity contribution is 5.89. The Balaban J connectivity index is 1.56. The van der Waals surface area contributed by atoms with Gasteiger partial charge in [0, 0.05) is 42.7 Å². The summed E-state index contributed by atoms with van der Waals surface area (Å²) in [5, 5.41) is 0. The van der Waals surface area contributed by atoms with Gasteiger partial charge in [-0.1, -0.05) is 13.0 Å². The normalized spacial score (nSPS) is 17.5. The molecule has 1 amide bonds. The molecule has 0 bridgehead atoms. The summed E-state index contributed by atoms with van der Waals surface area (Å²) in [6, 6.07) is 7.16. The number of anilines is 1. The Morgan fingerprint density at radius 2 is 1.97 bits per heavy atom. The second kappa shape index (κ2) is 9.80. The third-order valence-electron chi connectivity index (χ3n) is 6.09. The third-order valence-corrected chi connectivity index (χ3v) is 6.09. The lowest BCUT2D eigenvalue weighted by Crippen LogP contribution is -2.42. The molecule has 1 aliphatic heterocycles. The molecular weight excluding hydrogens is 442 g/mol. The number of hydrogen-bond acceptors (Lipinski definition) is 6. The molecule has 0 saturated carbocycles. The van der Waals surface area contributed by atoms with Gasteiger partial charge in [0.25, 0.3) is 0 Å². The Morgan fingerprint density at radius 3 is 2.68 bits per heavy atom. The van der Waals surface area contributed by atoms with Crippen LogP contribution in [0, 0.1) is 18.6 Å². The summed E-state index contributed by atoms with van der Waals surface area (Å²) in [6.07, 6.45) is 2.54. The number of carbonyl (C=O) groups is 1. The predicted molar refractivity (Wildman–Crippen MR) is 123 cm³/mol. The first-order valence-corrected chi connectivity index (χ1v) is 11.0. The zero-order chi connectivity index (χ0) is 24.4. The Bertz CT molecular complexity index is 1190. The van der Waals surface area contributed by atoms with Gasteiger partial charge in [-0.25, -0.2) is 23.5 Å². The number of hydrogen-bond donors (Lipinski definition) is 0. The van der Waals surface area contributed by atoms with E-state index in [0.29, 0.717) is 17.2 Å². The highest BCUT2D eigenvalue weighted by Gasteiger charge is 2.39. The fourth-order valence-electron chi connectivity index (χ4n) is 3.99. The molecule has 1 aromatic carbocycles. The summed E-state index contributed by atoms with van der Waals surface area (Å²) in [6.45, 7) is 5.64. The van der Waals surface area contributed by atoms with Crippen LogP contribution in [0.25, 0.3) is 11.1 Å². The lowest BCUT2D eigenvalue weighted by molar-refractivity contribution is 0.0881. The minimum absolute atomic E-state index is 0.157. The van der Waals surface area contributed by atoms with Crippen molar-refractivity contribution in [2.45, 2.75) is 45.3 Å². The zero-order valence-corrected chi connectivity index (χ0v) is 19.5. The van der Waals surface area contributed by atoms with Crippen LogP contribution in [-0.4, -0.2) is 46.9 Å². The molecule has 34 heavy (non-hydrogen) atoms. The van der Waals surface area contributed by atoms with Gasteiger partial charge in [0.15, 0.2) is 0 Å². The Morgan fingerprint density at radius 1 is 1.18 bits per heavy atom. The number of aryl methyl sites for hydroxylation is 1. The number of ether oxygens (including phenoxy) is 2. The highest BCUT2D eigenvalue weighted by Crippen LogP contribution is 2.30. The molecule has 9 heteroatoms. The number of methoxy groups -OCH3 is 1. The van der Waals surface area contributed by atoms with Gasteiger partial charge in [-0.2, -0.15) is 0 Å². The van der Waals surface area contributed by atoms with Gasteiger partial charge < -0.3 is 9.47 Å². The first-order valence-electron chi connectivity index (χ1n) is 11.0. The molecule has 3 atom stereocenters. The molecule has 2 aromatic heterocycles. The molecule has 1 saturated heterocycles. The van der Waals surface area contributed by atoms with Crippen molar-refractivity contribution in [3.63, 3.8) is 0 Å². The van der Waals surface area contributed by atoms with Crippen LogP contribution in [0.3, 0.4) is 0 Å². The van der Waals surface area contributed by atoms with Gasteiger partial charge in [0.1, 0.15) is 35.9 Å². The molecule has 1 aliphatic rings. The van der Waals surface area contributed by atoms with Crippen LogP contribution in [0.15, 0.2) is 42.7 Å². The third kappa shape index (κ3) is 4.75. The maximum absolute atomic E-state index is 15.0. The van der Waals surface area contributed by atoms with Crippen molar-refractivity contribution in [3.05, 3.63) is 71.4 Å². The van der Waals surface area contributed by atoms with Crippen LogP contribution in [0.1, 0.15) is 36.8 Å². The second-order valence-electron chi connectivity index (χ2n) is 8.43. The molecule has 1 fully saturated rings. The number of nitrogens with zero attached hydrogens (tertiary/aromatic N) is 4. The van der Waals surface area contributed by atoms with Crippen molar-refractivity contribution < 1.29 is 23.0 Å². The molecule has 0 aliphatic carbocycles. The quantitative estimate of drug-likeness (QED) is 0.494. The number of halogens is 2. The van der Waals surface area contributed by atoms with E-state index in [2.05, 4.69) is 15.0 Å². The average Bonchev–Trinajstić information content (AvgIpc) is 3.22. The monoisotopic (exact) mass is 468 g/mol. The summed E-state index contributed by atoms with van der Waals surface area (Å²) in [5.74, 6) is -0.672. The van der Waals surface area contributed by atoms with Crippen LogP contribution >= 0.6 is 0 Å². The number of rotatable bonds is 7. The van der Waals surface area contributed by atoms with E-state index in [1.54, 1.807) is 32.2 Å². The topological polar surface area (TPSA) is 77.4 Å². The number of cyclic esters (lactones) is 1. The molecule has 0 N–H and O–H groups in total. The van der Waals surface area contributed by atoms with Crippen LogP contribution in [-0.2, 0) is 15.9 Å². The number of aromatic nitrogens is 3. The molecule has 0 radical (unpaired) electrons. The molecule has 0 unspecified atom stereocenters. The van der Waals surface area contributed by atoms with Crippen molar-refractivity contribution in [1.82, 2.24) is 15.0 Å². The van der Waals surface area contributed by atoms with E-state index in [0.717, 1.165) is 5.69 Å². The van der Waals surface area contributed by atoms with Crippen LogP contribution < -0.4 is 4.90 Å². The van der Waals surface area contributed by atoms with Crippen LogP contribution in [0.5, 0.6) is 0 Å². The van der Waals surface area contributed by atoms with E-state index in [4.69, 9.17) is 9.47 Å². The van der Waals surface area contributed by atoms with E-state index in [1.165, 1.54) is 29.4 Å². The van der Waals surface area contributed by atoms with Crippen molar-refractivity contribution in [2.24, 2.45) is 0 Å². The molecule has 3 heterocycles. The number of pyridine rings is 1. The van der Waals surface area contributed by atoms with Crippen molar-refractivity contribution >= 4 is 11.9 Å². The second-order valence-corrected chi connectivity index (χ2v) is 8.43. The standard InChI is InChI=1S/C25H26F2N4O3/c1-14(18-10-21(27)19(11-20(18)26)17-6-5-15(2)29-12-17)9-23-28-8-7-24(30-23)31-22(16(3)33-4)13-34-25(31)32/h5-8,10-12,14,16,22H,9,13H2,1-4H3/t14-,16-,22-/m1/s1. The van der Waals surface area contributed by atoms with E-state index >= 15 is 0 Å². The first-order chi connectivity index (χ1) is 16.3. The van der Waals surface area contributed by atoms with Gasteiger partial charge >= 0.3 is 6.09 Å². The Labute approximate surface area is 196 Å². The smallest absolute Gasteiger partial charge is 0.416 e. The molecule has 3 aromatic rings. The summed E-state index contributed by atoms with van der Waals surface area (Å²) < 4.78 is 40.4. The summed E-state index contributed by atoms with van der Waals surface area (Å²) in [7, 11) is 1.56. The first kappa shape index (κ1) is 23.7. The Kier molecular flexibility index (Phi) is 6.83. The van der Waals surface area contributed by atoms with E-state index in [1.807, 2.05) is 13.8 Å². The molecule has 7 nitrogen and oxygen atoms in total. The fraction of sp³-hybridized carbons (Fsp3) is 0.360. The summed E-state index contributed by atoms with van der Waals surface area (Å²) in [5.41, 5.74) is 1.68. The minimum atomic E-state index is -0.528. The van der Waals surface area contributed by atoms with Crippen LogP contribution in [0.2, 0.25) is 0 Å². The zero-order valence-electron chi connectivity index (χ0n) is 19.5. The number of benzene rings is 1. The molecule has 0 spiro atoms. The lowest BCUT2D eigenvalue weighted by Gasteiger charge is -2.25. The van der Waals surface area contributed by atoms with Crippen molar-refractivity contribution in [3.8, 4) is 11.1 Å².